The Labute approximate surface area is 136 Å². The summed E-state index contributed by atoms with van der Waals surface area (Å²) in [6.45, 7) is 0.363. The van der Waals surface area contributed by atoms with Crippen molar-refractivity contribution in [3.8, 4) is 0 Å². The first-order chi connectivity index (χ1) is 10.6. The fraction of sp³-hybridized carbons (Fsp3) is 0.267. The van der Waals surface area contributed by atoms with Gasteiger partial charge in [0.2, 0.25) is 0 Å². The number of anilines is 1. The summed E-state index contributed by atoms with van der Waals surface area (Å²) in [5.41, 5.74) is 1.14. The Morgan fingerprint density at radius 1 is 1.45 bits per heavy atom. The molecular weight excluding hydrogens is 352 g/mol. The lowest BCUT2D eigenvalue weighted by Crippen LogP contribution is -2.17. The van der Waals surface area contributed by atoms with Gasteiger partial charge in [-0.3, -0.25) is 10.1 Å². The largest absolute Gasteiger partial charge is 0.462 e. The van der Waals surface area contributed by atoms with E-state index in [2.05, 4.69) is 15.9 Å². The molecule has 1 aliphatic rings. The average molecular weight is 367 g/mol. The number of rotatable bonds is 6. The van der Waals surface area contributed by atoms with Crippen LogP contribution in [0.15, 0.2) is 48.3 Å². The van der Waals surface area contributed by atoms with Crippen molar-refractivity contribution in [2.24, 2.45) is 0 Å². The molecule has 0 N–H and O–H groups in total. The molecule has 1 aromatic rings. The molecule has 0 atom stereocenters. The van der Waals surface area contributed by atoms with Crippen molar-refractivity contribution in [3.05, 3.63) is 58.4 Å². The molecule has 0 fully saturated rings. The van der Waals surface area contributed by atoms with Gasteiger partial charge in [0.05, 0.1) is 22.8 Å². The lowest BCUT2D eigenvalue weighted by atomic mass is 10.1. The van der Waals surface area contributed by atoms with Gasteiger partial charge in [-0.15, -0.1) is 0 Å². The highest BCUT2D eigenvalue weighted by molar-refractivity contribution is 9.09. The van der Waals surface area contributed by atoms with Crippen molar-refractivity contribution in [1.82, 2.24) is 0 Å². The minimum absolute atomic E-state index is 0.00585. The first-order valence-electron chi connectivity index (χ1n) is 6.75. The number of nitrogens with zero attached hydrogens (tertiary/aromatic N) is 2. The highest BCUT2D eigenvalue weighted by Crippen LogP contribution is 2.25. The van der Waals surface area contributed by atoms with E-state index in [0.29, 0.717) is 24.3 Å². The molecule has 2 rings (SSSR count). The quantitative estimate of drug-likeness (QED) is 0.253. The fourth-order valence-electron chi connectivity index (χ4n) is 1.93. The van der Waals surface area contributed by atoms with E-state index < -0.39 is 4.92 Å². The van der Waals surface area contributed by atoms with Gasteiger partial charge in [0, 0.05) is 36.3 Å². The number of alkyl halides is 1. The van der Waals surface area contributed by atoms with Crippen LogP contribution in [-0.4, -0.2) is 22.8 Å². The van der Waals surface area contributed by atoms with Crippen molar-refractivity contribution in [2.75, 3.05) is 16.8 Å². The second-order valence-electron chi connectivity index (χ2n) is 4.61. The van der Waals surface area contributed by atoms with E-state index in [1.807, 2.05) is 6.08 Å². The van der Waals surface area contributed by atoms with Gasteiger partial charge in [-0.1, -0.05) is 28.1 Å². The van der Waals surface area contributed by atoms with Crippen molar-refractivity contribution in [3.63, 3.8) is 0 Å². The van der Waals surface area contributed by atoms with E-state index in [1.54, 1.807) is 29.4 Å². The Bertz CT molecular complexity index is 628. The summed E-state index contributed by atoms with van der Waals surface area (Å²) in [7, 11) is 0. The van der Waals surface area contributed by atoms with Crippen LogP contribution >= 0.6 is 15.9 Å². The number of ether oxygens (including phenoxy) is 1. The number of non-ortho nitro benzene ring substituents is 1. The molecule has 22 heavy (non-hydrogen) atoms. The zero-order chi connectivity index (χ0) is 15.9. The van der Waals surface area contributed by atoms with Crippen LogP contribution in [0.5, 0.6) is 0 Å². The third-order valence-corrected chi connectivity index (χ3v) is 3.57. The van der Waals surface area contributed by atoms with Crippen molar-refractivity contribution in [1.29, 1.82) is 0 Å². The minimum Gasteiger partial charge on any atom is -0.462 e. The molecule has 1 heterocycles. The lowest BCUT2D eigenvalue weighted by molar-refractivity contribution is -0.384. The Hall–Kier alpha value is -2.15. The molecular formula is C15H15BrN2O4. The van der Waals surface area contributed by atoms with Crippen LogP contribution in [0, 0.1) is 10.1 Å². The SMILES string of the molecule is O=C(OCCCBr)C1=CN(c2cccc([N+](=O)[O-])c2)C=CC1. The molecule has 0 aromatic heterocycles. The van der Waals surface area contributed by atoms with Crippen LogP contribution in [0.2, 0.25) is 0 Å². The van der Waals surface area contributed by atoms with Crippen molar-refractivity contribution in [2.45, 2.75) is 12.8 Å². The number of hydrogen-bond donors (Lipinski definition) is 0. The second-order valence-corrected chi connectivity index (χ2v) is 5.40. The van der Waals surface area contributed by atoms with Crippen molar-refractivity contribution < 1.29 is 14.5 Å². The number of esters is 1. The van der Waals surface area contributed by atoms with Gasteiger partial charge in [0.15, 0.2) is 0 Å². The number of halogens is 1. The molecule has 7 heteroatoms. The predicted molar refractivity (Wildman–Crippen MR) is 86.8 cm³/mol. The molecule has 0 spiro atoms. The molecule has 1 aromatic carbocycles. The van der Waals surface area contributed by atoms with Gasteiger partial charge in [-0.25, -0.2) is 4.79 Å². The summed E-state index contributed by atoms with van der Waals surface area (Å²) in [6, 6.07) is 6.24. The monoisotopic (exact) mass is 366 g/mol. The number of hydrogen-bond acceptors (Lipinski definition) is 5. The second kappa shape index (κ2) is 7.74. The van der Waals surface area contributed by atoms with E-state index >= 15 is 0 Å². The summed E-state index contributed by atoms with van der Waals surface area (Å²) in [4.78, 5) is 24.0. The first kappa shape index (κ1) is 16.2. The Balaban J connectivity index is 2.13. The smallest absolute Gasteiger partial charge is 0.335 e. The Kier molecular flexibility index (Phi) is 5.71. The molecule has 0 bridgehead atoms. The van der Waals surface area contributed by atoms with Gasteiger partial charge in [0.25, 0.3) is 5.69 Å². The third kappa shape index (κ3) is 4.17. The van der Waals surface area contributed by atoms with E-state index in [-0.39, 0.29) is 11.7 Å². The average Bonchev–Trinajstić information content (AvgIpc) is 2.55. The van der Waals surface area contributed by atoms with E-state index in [0.717, 1.165) is 11.8 Å². The van der Waals surface area contributed by atoms with Crippen LogP contribution < -0.4 is 4.90 Å². The zero-order valence-corrected chi connectivity index (χ0v) is 13.4. The highest BCUT2D eigenvalue weighted by atomic mass is 79.9. The normalized spacial score (nSPS) is 13.7. The summed E-state index contributed by atoms with van der Waals surface area (Å²) >= 11 is 3.27. The van der Waals surface area contributed by atoms with E-state index in [1.165, 1.54) is 12.1 Å². The van der Waals surface area contributed by atoms with Crippen LogP contribution in [0.4, 0.5) is 11.4 Å². The fourth-order valence-corrected chi connectivity index (χ4v) is 2.16. The lowest BCUT2D eigenvalue weighted by Gasteiger charge is -2.20. The minimum atomic E-state index is -0.448. The molecule has 1 aliphatic heterocycles. The molecule has 116 valence electrons. The zero-order valence-electron chi connectivity index (χ0n) is 11.8. The summed E-state index contributed by atoms with van der Waals surface area (Å²) in [5.74, 6) is -0.360. The van der Waals surface area contributed by atoms with Crippen LogP contribution in [0.1, 0.15) is 12.8 Å². The highest BCUT2D eigenvalue weighted by Gasteiger charge is 2.16. The van der Waals surface area contributed by atoms with Gasteiger partial charge in [-0.2, -0.15) is 0 Å². The predicted octanol–water partition coefficient (Wildman–Crippen LogP) is 3.53. The van der Waals surface area contributed by atoms with E-state index in [9.17, 15) is 14.9 Å². The number of benzene rings is 1. The summed E-state index contributed by atoms with van der Waals surface area (Å²) in [6.07, 6.45) is 6.48. The molecule has 0 aliphatic carbocycles. The van der Waals surface area contributed by atoms with Gasteiger partial charge in [0.1, 0.15) is 0 Å². The first-order valence-corrected chi connectivity index (χ1v) is 7.87. The maximum absolute atomic E-state index is 12.0. The molecule has 0 unspecified atom stereocenters. The Morgan fingerprint density at radius 2 is 2.27 bits per heavy atom. The summed E-state index contributed by atoms with van der Waals surface area (Å²) in [5, 5.41) is 11.6. The molecule has 0 amide bonds. The maximum atomic E-state index is 12.0. The van der Waals surface area contributed by atoms with Crippen LogP contribution in [-0.2, 0) is 9.53 Å². The van der Waals surface area contributed by atoms with E-state index in [4.69, 9.17) is 4.74 Å². The van der Waals surface area contributed by atoms with Gasteiger partial charge < -0.3 is 9.64 Å². The molecule has 0 saturated heterocycles. The topological polar surface area (TPSA) is 72.7 Å². The number of nitro benzene ring substituents is 1. The molecule has 0 saturated carbocycles. The number of carbonyl (C=O) groups excluding carboxylic acids is 1. The third-order valence-electron chi connectivity index (χ3n) is 3.01. The van der Waals surface area contributed by atoms with Crippen molar-refractivity contribution >= 4 is 33.3 Å². The number of allylic oxidation sites excluding steroid dienone is 1. The van der Waals surface area contributed by atoms with Gasteiger partial charge in [-0.05, 0) is 12.5 Å². The number of carbonyl (C=O) groups is 1. The van der Waals surface area contributed by atoms with Gasteiger partial charge >= 0.3 is 5.97 Å². The number of nitro groups is 1. The molecule has 0 radical (unpaired) electrons. The summed E-state index contributed by atoms with van der Waals surface area (Å²) < 4.78 is 5.16. The van der Waals surface area contributed by atoms with Crippen LogP contribution in [0.25, 0.3) is 0 Å². The van der Waals surface area contributed by atoms with Crippen LogP contribution in [0.3, 0.4) is 0 Å². The molecule has 6 nitrogen and oxygen atoms in total. The maximum Gasteiger partial charge on any atom is 0.335 e. The standard InChI is InChI=1S/C15H15BrN2O4/c16-7-3-9-22-15(19)12-4-2-8-17(11-12)13-5-1-6-14(10-13)18(20)21/h1-2,5-6,8,10-11H,3-4,7,9H2. The Morgan fingerprint density at radius 3 is 3.00 bits per heavy atom.